The second-order valence-electron chi connectivity index (χ2n) is 4.66. The van der Waals surface area contributed by atoms with Crippen LogP contribution in [0.1, 0.15) is 5.56 Å². The summed E-state index contributed by atoms with van der Waals surface area (Å²) in [6, 6.07) is 10.4. The van der Waals surface area contributed by atoms with Gasteiger partial charge in [-0.15, -0.1) is 0 Å². The molecule has 0 aliphatic rings. The second-order valence-corrected chi connectivity index (χ2v) is 5.02. The van der Waals surface area contributed by atoms with Crippen molar-refractivity contribution in [1.82, 2.24) is 9.97 Å². The van der Waals surface area contributed by atoms with Crippen LogP contribution in [0.4, 0.5) is 4.39 Å². The van der Waals surface area contributed by atoms with Crippen molar-refractivity contribution in [3.8, 4) is 17.1 Å². The number of methoxy groups -OCH3 is 1. The molecule has 0 spiro atoms. The molecule has 0 saturated heterocycles. The molecule has 0 aliphatic carbocycles. The largest absolute Gasteiger partial charge is 0.497 e. The lowest BCUT2D eigenvalue weighted by Gasteiger charge is -2.08. The average molecular weight is 303 g/mol. The van der Waals surface area contributed by atoms with Crippen LogP contribution < -0.4 is 4.74 Å². The standard InChI is InChI=1S/C16H12ClFN2O/c1-9-4-3-5-11(14(9)18)16-19-13-7-6-10(21-2)8-12(13)15(17)20-16/h3-8H,1-2H3. The van der Waals surface area contributed by atoms with E-state index in [0.717, 1.165) is 0 Å². The molecule has 5 heteroatoms. The molecule has 0 radical (unpaired) electrons. The smallest absolute Gasteiger partial charge is 0.164 e. The summed E-state index contributed by atoms with van der Waals surface area (Å²) in [4.78, 5) is 8.60. The predicted molar refractivity (Wildman–Crippen MR) is 81.2 cm³/mol. The third kappa shape index (κ3) is 2.43. The lowest BCUT2D eigenvalue weighted by molar-refractivity contribution is 0.415. The van der Waals surface area contributed by atoms with Crippen molar-refractivity contribution < 1.29 is 9.13 Å². The van der Waals surface area contributed by atoms with Gasteiger partial charge < -0.3 is 4.74 Å². The van der Waals surface area contributed by atoms with E-state index < -0.39 is 0 Å². The van der Waals surface area contributed by atoms with E-state index in [0.29, 0.717) is 27.8 Å². The minimum Gasteiger partial charge on any atom is -0.497 e. The predicted octanol–water partition coefficient (Wildman–Crippen LogP) is 4.41. The summed E-state index contributed by atoms with van der Waals surface area (Å²) in [7, 11) is 1.58. The van der Waals surface area contributed by atoms with Crippen molar-refractivity contribution in [3.05, 3.63) is 52.9 Å². The van der Waals surface area contributed by atoms with E-state index in [1.807, 2.05) is 0 Å². The van der Waals surface area contributed by atoms with Crippen LogP contribution in [0.2, 0.25) is 5.15 Å². The first-order valence-corrected chi connectivity index (χ1v) is 6.74. The van der Waals surface area contributed by atoms with E-state index >= 15 is 0 Å². The van der Waals surface area contributed by atoms with Crippen molar-refractivity contribution in [2.24, 2.45) is 0 Å². The first kappa shape index (κ1) is 13.8. The van der Waals surface area contributed by atoms with Gasteiger partial charge >= 0.3 is 0 Å². The van der Waals surface area contributed by atoms with Gasteiger partial charge in [-0.25, -0.2) is 14.4 Å². The molecule has 106 valence electrons. The van der Waals surface area contributed by atoms with Crippen LogP contribution in [-0.2, 0) is 0 Å². The zero-order chi connectivity index (χ0) is 15.0. The van der Waals surface area contributed by atoms with E-state index in [1.54, 1.807) is 50.4 Å². The number of nitrogens with zero attached hydrogens (tertiary/aromatic N) is 2. The Bertz CT molecular complexity index is 836. The Morgan fingerprint density at radius 2 is 1.95 bits per heavy atom. The van der Waals surface area contributed by atoms with E-state index in [-0.39, 0.29) is 16.8 Å². The molecule has 0 bridgehead atoms. The highest BCUT2D eigenvalue weighted by molar-refractivity contribution is 6.34. The molecular formula is C16H12ClFN2O. The maximum Gasteiger partial charge on any atom is 0.164 e. The molecule has 0 fully saturated rings. The van der Waals surface area contributed by atoms with E-state index in [1.165, 1.54) is 0 Å². The van der Waals surface area contributed by atoms with E-state index in [4.69, 9.17) is 16.3 Å². The van der Waals surface area contributed by atoms with Crippen LogP contribution in [0, 0.1) is 12.7 Å². The second kappa shape index (κ2) is 5.30. The maximum absolute atomic E-state index is 14.2. The molecule has 1 heterocycles. The Kier molecular flexibility index (Phi) is 3.47. The van der Waals surface area contributed by atoms with Gasteiger partial charge in [0.1, 0.15) is 16.7 Å². The minimum absolute atomic E-state index is 0.273. The quantitative estimate of drug-likeness (QED) is 0.658. The Labute approximate surface area is 126 Å². The van der Waals surface area contributed by atoms with E-state index in [2.05, 4.69) is 9.97 Å². The van der Waals surface area contributed by atoms with Gasteiger partial charge in [-0.3, -0.25) is 0 Å². The number of halogens is 2. The summed E-state index contributed by atoms with van der Waals surface area (Å²) in [5.74, 6) is 0.614. The molecule has 0 amide bonds. The van der Waals surface area contributed by atoms with Crippen molar-refractivity contribution in [3.63, 3.8) is 0 Å². The zero-order valence-electron chi connectivity index (χ0n) is 11.5. The summed E-state index contributed by atoms with van der Waals surface area (Å²) >= 11 is 6.20. The molecule has 3 rings (SSSR count). The monoisotopic (exact) mass is 302 g/mol. The van der Waals surface area contributed by atoms with Gasteiger partial charge in [0.15, 0.2) is 5.82 Å². The molecule has 3 nitrogen and oxygen atoms in total. The molecule has 3 aromatic rings. The number of ether oxygens (including phenoxy) is 1. The molecule has 1 aromatic heterocycles. The van der Waals surface area contributed by atoms with Crippen molar-refractivity contribution in [2.45, 2.75) is 6.92 Å². The van der Waals surface area contributed by atoms with Crippen LogP contribution in [0.25, 0.3) is 22.3 Å². The number of rotatable bonds is 2. The van der Waals surface area contributed by atoms with Gasteiger partial charge in [0.25, 0.3) is 0 Å². The number of benzene rings is 2. The maximum atomic E-state index is 14.2. The SMILES string of the molecule is COc1ccc2nc(-c3cccc(C)c3F)nc(Cl)c2c1. The molecular weight excluding hydrogens is 291 g/mol. The van der Waals surface area contributed by atoms with Crippen LogP contribution in [0.5, 0.6) is 5.75 Å². The molecule has 2 aromatic carbocycles. The van der Waals surface area contributed by atoms with Crippen LogP contribution in [-0.4, -0.2) is 17.1 Å². The number of hydrogen-bond donors (Lipinski definition) is 0. The summed E-state index contributed by atoms with van der Waals surface area (Å²) in [5, 5.41) is 0.947. The third-order valence-corrected chi connectivity index (χ3v) is 3.58. The first-order valence-electron chi connectivity index (χ1n) is 6.37. The van der Waals surface area contributed by atoms with Gasteiger partial charge in [-0.1, -0.05) is 23.7 Å². The Morgan fingerprint density at radius 3 is 2.71 bits per heavy atom. The lowest BCUT2D eigenvalue weighted by Crippen LogP contribution is -1.96. The Morgan fingerprint density at radius 1 is 1.14 bits per heavy atom. The van der Waals surface area contributed by atoms with Gasteiger partial charge in [0, 0.05) is 5.39 Å². The van der Waals surface area contributed by atoms with Gasteiger partial charge in [0.05, 0.1) is 18.2 Å². The summed E-state index contributed by atoms with van der Waals surface area (Å²) in [6.07, 6.45) is 0. The van der Waals surface area contributed by atoms with Crippen LogP contribution in [0.15, 0.2) is 36.4 Å². The number of aromatic nitrogens is 2. The van der Waals surface area contributed by atoms with Crippen molar-refractivity contribution in [2.75, 3.05) is 7.11 Å². The zero-order valence-corrected chi connectivity index (χ0v) is 12.3. The fraction of sp³-hybridized carbons (Fsp3) is 0.125. The summed E-state index contributed by atoms with van der Waals surface area (Å²) in [6.45, 7) is 1.70. The topological polar surface area (TPSA) is 35.0 Å². The average Bonchev–Trinajstić information content (AvgIpc) is 2.49. The van der Waals surface area contributed by atoms with Crippen molar-refractivity contribution >= 4 is 22.5 Å². The van der Waals surface area contributed by atoms with Gasteiger partial charge in [0.2, 0.25) is 0 Å². The molecule has 21 heavy (non-hydrogen) atoms. The highest BCUT2D eigenvalue weighted by Gasteiger charge is 2.13. The highest BCUT2D eigenvalue weighted by atomic mass is 35.5. The molecule has 0 unspecified atom stereocenters. The van der Waals surface area contributed by atoms with Gasteiger partial charge in [-0.2, -0.15) is 0 Å². The Hall–Kier alpha value is -2.20. The summed E-state index contributed by atoms with van der Waals surface area (Å²) < 4.78 is 19.3. The number of fused-ring (bicyclic) bond motifs is 1. The van der Waals surface area contributed by atoms with Crippen LogP contribution in [0.3, 0.4) is 0 Å². The Balaban J connectivity index is 2.23. The fourth-order valence-corrected chi connectivity index (χ4v) is 2.37. The molecule has 0 N–H and O–H groups in total. The lowest BCUT2D eigenvalue weighted by atomic mass is 10.1. The molecule has 0 atom stereocenters. The third-order valence-electron chi connectivity index (χ3n) is 3.29. The fourth-order valence-electron chi connectivity index (χ4n) is 2.14. The molecule has 0 aliphatic heterocycles. The summed E-state index contributed by atoms with van der Waals surface area (Å²) in [5.41, 5.74) is 1.53. The highest BCUT2D eigenvalue weighted by Crippen LogP contribution is 2.29. The van der Waals surface area contributed by atoms with Crippen LogP contribution >= 0.6 is 11.6 Å². The van der Waals surface area contributed by atoms with Crippen molar-refractivity contribution in [1.29, 1.82) is 0 Å². The molecule has 0 saturated carbocycles. The number of aryl methyl sites for hydroxylation is 1. The minimum atomic E-state index is -0.332. The number of hydrogen-bond acceptors (Lipinski definition) is 3. The first-order chi connectivity index (χ1) is 10.1. The van der Waals surface area contributed by atoms with E-state index in [9.17, 15) is 4.39 Å². The van der Waals surface area contributed by atoms with Gasteiger partial charge in [-0.05, 0) is 36.8 Å². The normalized spacial score (nSPS) is 10.9.